The van der Waals surface area contributed by atoms with Crippen LogP contribution in [0, 0.1) is 0 Å². The number of hydrogen-bond acceptors (Lipinski definition) is 5. The Kier molecular flexibility index (Phi) is 7.12. The van der Waals surface area contributed by atoms with Crippen molar-refractivity contribution in [3.8, 4) is 5.75 Å². The third kappa shape index (κ3) is 5.00. The van der Waals surface area contributed by atoms with E-state index in [0.29, 0.717) is 6.61 Å². The average Bonchev–Trinajstić information content (AvgIpc) is 3.29. The van der Waals surface area contributed by atoms with Gasteiger partial charge in [0.05, 0.1) is 19.3 Å². The van der Waals surface area contributed by atoms with Crippen LogP contribution in [-0.4, -0.2) is 51.5 Å². The molecule has 0 spiro atoms. The van der Waals surface area contributed by atoms with Gasteiger partial charge in [0.1, 0.15) is 10.6 Å². The van der Waals surface area contributed by atoms with Gasteiger partial charge >= 0.3 is 0 Å². The van der Waals surface area contributed by atoms with Gasteiger partial charge in [0, 0.05) is 25.8 Å². The van der Waals surface area contributed by atoms with Gasteiger partial charge in [0.15, 0.2) is 0 Å². The highest BCUT2D eigenvalue weighted by molar-refractivity contribution is 7.89. The van der Waals surface area contributed by atoms with Crippen LogP contribution in [0.3, 0.4) is 0 Å². The highest BCUT2D eigenvalue weighted by Gasteiger charge is 2.28. The van der Waals surface area contributed by atoms with Crippen molar-refractivity contribution in [1.29, 1.82) is 0 Å². The van der Waals surface area contributed by atoms with E-state index in [4.69, 9.17) is 9.47 Å². The Morgan fingerprint density at radius 2 is 2.00 bits per heavy atom. The minimum atomic E-state index is -3.88. The largest absolute Gasteiger partial charge is 0.495 e. The molecule has 0 saturated carbocycles. The second-order valence-electron chi connectivity index (χ2n) is 7.43. The van der Waals surface area contributed by atoms with Gasteiger partial charge in [-0.2, -0.15) is 4.31 Å². The fourth-order valence-electron chi connectivity index (χ4n) is 3.49. The zero-order chi connectivity index (χ0) is 21.7. The maximum Gasteiger partial charge on any atom is 0.251 e. The molecule has 2 unspecified atom stereocenters. The van der Waals surface area contributed by atoms with Crippen LogP contribution >= 0.6 is 0 Å². The molecule has 1 heterocycles. The van der Waals surface area contributed by atoms with Crippen LogP contribution < -0.4 is 10.1 Å². The van der Waals surface area contributed by atoms with E-state index in [1.165, 1.54) is 30.6 Å². The lowest BCUT2D eigenvalue weighted by molar-refractivity contribution is 0.0712. The van der Waals surface area contributed by atoms with Gasteiger partial charge in [-0.25, -0.2) is 8.42 Å². The molecule has 0 radical (unpaired) electrons. The van der Waals surface area contributed by atoms with Crippen LogP contribution in [0.5, 0.6) is 5.75 Å². The number of rotatable bonds is 8. The van der Waals surface area contributed by atoms with E-state index in [1.807, 2.05) is 37.3 Å². The first-order chi connectivity index (χ1) is 14.3. The van der Waals surface area contributed by atoms with Gasteiger partial charge in [-0.1, -0.05) is 30.3 Å². The first-order valence-electron chi connectivity index (χ1n) is 9.93. The first-order valence-corrected chi connectivity index (χ1v) is 11.4. The molecule has 1 saturated heterocycles. The van der Waals surface area contributed by atoms with Crippen LogP contribution in [-0.2, 0) is 21.3 Å². The number of carbonyl (C=O) groups is 1. The molecule has 2 aromatic carbocycles. The highest BCUT2D eigenvalue weighted by atomic mass is 32.2. The van der Waals surface area contributed by atoms with Crippen molar-refractivity contribution < 1.29 is 22.7 Å². The Bertz CT molecular complexity index is 972. The van der Waals surface area contributed by atoms with Crippen molar-refractivity contribution in [3.63, 3.8) is 0 Å². The highest BCUT2D eigenvalue weighted by Crippen LogP contribution is 2.28. The van der Waals surface area contributed by atoms with Crippen LogP contribution in [0.1, 0.15) is 35.7 Å². The number of ether oxygens (including phenoxy) is 2. The topological polar surface area (TPSA) is 84.9 Å². The number of hydrogen-bond donors (Lipinski definition) is 1. The SMILES string of the molecule is COc1ccc(C(=O)NC(C)C2CCCO2)cc1S(=O)(=O)N(C)Cc1ccccc1. The van der Waals surface area contributed by atoms with Crippen molar-refractivity contribution in [2.45, 2.75) is 43.4 Å². The standard InChI is InChI=1S/C22H28N2O5S/c1-16(19-10-7-13-29-19)23-22(25)18-11-12-20(28-3)21(14-18)30(26,27)24(2)15-17-8-5-4-6-9-17/h4-6,8-9,11-12,14,16,19H,7,10,13,15H2,1-3H3,(H,23,25). The predicted octanol–water partition coefficient (Wildman–Crippen LogP) is 2.81. The minimum Gasteiger partial charge on any atom is -0.495 e. The Morgan fingerprint density at radius 1 is 1.27 bits per heavy atom. The van der Waals surface area contributed by atoms with Crippen molar-refractivity contribution in [3.05, 3.63) is 59.7 Å². The Balaban J connectivity index is 1.83. The molecule has 3 rings (SSSR count). The molecule has 0 aromatic heterocycles. The summed E-state index contributed by atoms with van der Waals surface area (Å²) in [5, 5.41) is 2.91. The second kappa shape index (κ2) is 9.59. The Morgan fingerprint density at radius 3 is 2.63 bits per heavy atom. The van der Waals surface area contributed by atoms with E-state index in [-0.39, 0.29) is 40.8 Å². The lowest BCUT2D eigenvalue weighted by Gasteiger charge is -2.21. The summed E-state index contributed by atoms with van der Waals surface area (Å²) in [6, 6.07) is 13.6. The second-order valence-corrected chi connectivity index (χ2v) is 9.44. The zero-order valence-electron chi connectivity index (χ0n) is 17.5. The molecule has 1 fully saturated rings. The molecule has 2 atom stereocenters. The predicted molar refractivity (Wildman–Crippen MR) is 114 cm³/mol. The fraction of sp³-hybridized carbons (Fsp3) is 0.409. The van der Waals surface area contributed by atoms with Crippen LogP contribution in [0.25, 0.3) is 0 Å². The van der Waals surface area contributed by atoms with E-state index < -0.39 is 10.0 Å². The van der Waals surface area contributed by atoms with Crippen molar-refractivity contribution >= 4 is 15.9 Å². The van der Waals surface area contributed by atoms with Gasteiger partial charge in [-0.05, 0) is 43.5 Å². The summed E-state index contributed by atoms with van der Waals surface area (Å²) in [7, 11) is -0.961. The van der Waals surface area contributed by atoms with Gasteiger partial charge in [-0.3, -0.25) is 4.79 Å². The molecule has 1 amide bonds. The Labute approximate surface area is 178 Å². The lowest BCUT2D eigenvalue weighted by atomic mass is 10.1. The molecular formula is C22H28N2O5S. The lowest BCUT2D eigenvalue weighted by Crippen LogP contribution is -2.40. The summed E-state index contributed by atoms with van der Waals surface area (Å²) < 4.78 is 38.6. The number of amides is 1. The quantitative estimate of drug-likeness (QED) is 0.693. The fourth-order valence-corrected chi connectivity index (χ4v) is 4.83. The zero-order valence-corrected chi connectivity index (χ0v) is 18.3. The van der Waals surface area contributed by atoms with Gasteiger partial charge in [0.2, 0.25) is 10.0 Å². The molecule has 8 heteroatoms. The summed E-state index contributed by atoms with van der Waals surface area (Å²) >= 11 is 0. The molecule has 0 bridgehead atoms. The van der Waals surface area contributed by atoms with Crippen LogP contribution in [0.2, 0.25) is 0 Å². The smallest absolute Gasteiger partial charge is 0.251 e. The van der Waals surface area contributed by atoms with E-state index in [2.05, 4.69) is 5.32 Å². The van der Waals surface area contributed by atoms with Crippen LogP contribution in [0.4, 0.5) is 0 Å². The molecule has 162 valence electrons. The molecular weight excluding hydrogens is 404 g/mol. The average molecular weight is 433 g/mol. The third-order valence-electron chi connectivity index (χ3n) is 5.24. The monoisotopic (exact) mass is 432 g/mol. The number of carbonyl (C=O) groups excluding carboxylic acids is 1. The number of methoxy groups -OCH3 is 1. The van der Waals surface area contributed by atoms with Gasteiger partial charge in [-0.15, -0.1) is 0 Å². The number of benzene rings is 2. The number of nitrogens with zero attached hydrogens (tertiary/aromatic N) is 1. The molecule has 1 aliphatic heterocycles. The minimum absolute atomic E-state index is 0.0209. The molecule has 1 N–H and O–H groups in total. The van der Waals surface area contributed by atoms with Crippen molar-refractivity contribution in [2.24, 2.45) is 0 Å². The first kappa shape index (κ1) is 22.3. The number of sulfonamides is 1. The molecule has 7 nitrogen and oxygen atoms in total. The molecule has 30 heavy (non-hydrogen) atoms. The third-order valence-corrected chi connectivity index (χ3v) is 7.07. The maximum atomic E-state index is 13.2. The van der Waals surface area contributed by atoms with E-state index in [1.54, 1.807) is 6.07 Å². The summed E-state index contributed by atoms with van der Waals surface area (Å²) in [4.78, 5) is 12.7. The summed E-state index contributed by atoms with van der Waals surface area (Å²) in [5.41, 5.74) is 1.12. The summed E-state index contributed by atoms with van der Waals surface area (Å²) in [5.74, 6) is -0.151. The maximum absolute atomic E-state index is 13.2. The normalized spacial score (nSPS) is 17.7. The summed E-state index contributed by atoms with van der Waals surface area (Å²) in [6.45, 7) is 2.80. The van der Waals surface area contributed by atoms with Gasteiger partial charge in [0.25, 0.3) is 5.91 Å². The molecule has 2 aromatic rings. The van der Waals surface area contributed by atoms with E-state index in [0.717, 1.165) is 18.4 Å². The van der Waals surface area contributed by atoms with Crippen LogP contribution in [0.15, 0.2) is 53.4 Å². The summed E-state index contributed by atoms with van der Waals surface area (Å²) in [6.07, 6.45) is 1.85. The molecule has 0 aliphatic carbocycles. The van der Waals surface area contributed by atoms with Crippen molar-refractivity contribution in [2.75, 3.05) is 20.8 Å². The number of nitrogens with one attached hydrogen (secondary N) is 1. The Hall–Kier alpha value is -2.42. The van der Waals surface area contributed by atoms with Crippen molar-refractivity contribution in [1.82, 2.24) is 9.62 Å². The van der Waals surface area contributed by atoms with E-state index in [9.17, 15) is 13.2 Å². The van der Waals surface area contributed by atoms with E-state index >= 15 is 0 Å². The molecule has 1 aliphatic rings. The van der Waals surface area contributed by atoms with Gasteiger partial charge < -0.3 is 14.8 Å².